The molecule has 6 nitrogen and oxygen atoms in total. The minimum atomic E-state index is -0.367. The molecular formula is C25H29ClN2O4. The molecule has 2 heterocycles. The summed E-state index contributed by atoms with van der Waals surface area (Å²) >= 11 is 6.37. The van der Waals surface area contributed by atoms with E-state index < -0.39 is 0 Å². The lowest BCUT2D eigenvalue weighted by Gasteiger charge is -2.36. The first-order chi connectivity index (χ1) is 15.5. The summed E-state index contributed by atoms with van der Waals surface area (Å²) in [6.45, 7) is 7.54. The third-order valence-corrected chi connectivity index (χ3v) is 6.22. The summed E-state index contributed by atoms with van der Waals surface area (Å²) in [5.41, 5.74) is 2.15. The van der Waals surface area contributed by atoms with Crippen LogP contribution in [0.3, 0.4) is 0 Å². The van der Waals surface area contributed by atoms with Crippen LogP contribution >= 0.6 is 11.6 Å². The number of benzene rings is 2. The summed E-state index contributed by atoms with van der Waals surface area (Å²) in [7, 11) is 1.72. The molecule has 1 aliphatic heterocycles. The van der Waals surface area contributed by atoms with E-state index >= 15 is 0 Å². The van der Waals surface area contributed by atoms with Crippen molar-refractivity contribution in [2.24, 2.45) is 0 Å². The largest absolute Gasteiger partial charge is 0.495 e. The molecular weight excluding hydrogens is 428 g/mol. The third kappa shape index (κ3) is 5.19. The average Bonchev–Trinajstić information content (AvgIpc) is 2.80. The van der Waals surface area contributed by atoms with Gasteiger partial charge in [0.25, 0.3) is 0 Å². The zero-order valence-corrected chi connectivity index (χ0v) is 19.4. The van der Waals surface area contributed by atoms with Crippen LogP contribution in [0.2, 0.25) is 5.02 Å². The van der Waals surface area contributed by atoms with Crippen LogP contribution in [-0.2, 0) is 0 Å². The van der Waals surface area contributed by atoms with E-state index in [0.717, 1.165) is 62.3 Å². The van der Waals surface area contributed by atoms with Gasteiger partial charge in [-0.15, -0.1) is 0 Å². The first-order valence-corrected chi connectivity index (χ1v) is 11.4. The smallest absolute Gasteiger partial charge is 0.336 e. The summed E-state index contributed by atoms with van der Waals surface area (Å²) in [5, 5.41) is 1.36. The highest BCUT2D eigenvalue weighted by molar-refractivity contribution is 6.32. The van der Waals surface area contributed by atoms with Crippen LogP contribution in [0.25, 0.3) is 11.0 Å². The second-order valence-corrected chi connectivity index (χ2v) is 8.49. The van der Waals surface area contributed by atoms with Crippen LogP contribution in [0.4, 0.5) is 5.69 Å². The number of unbranched alkanes of at least 4 members (excludes halogenated alkanes) is 1. The molecule has 32 heavy (non-hydrogen) atoms. The number of methoxy groups -OCH3 is 1. The number of ether oxygens (including phenoxy) is 2. The van der Waals surface area contributed by atoms with Gasteiger partial charge in [0.2, 0.25) is 0 Å². The third-order valence-electron chi connectivity index (χ3n) is 5.93. The molecule has 3 aromatic rings. The Morgan fingerprint density at radius 3 is 2.59 bits per heavy atom. The maximum Gasteiger partial charge on any atom is 0.336 e. The van der Waals surface area contributed by atoms with E-state index in [1.165, 1.54) is 11.8 Å². The van der Waals surface area contributed by atoms with Crippen molar-refractivity contribution < 1.29 is 13.9 Å². The molecule has 170 valence electrons. The number of para-hydroxylation sites is 2. The molecule has 4 rings (SSSR count). The van der Waals surface area contributed by atoms with Gasteiger partial charge in [0.1, 0.15) is 17.1 Å². The Bertz CT molecular complexity index is 1120. The summed E-state index contributed by atoms with van der Waals surface area (Å²) in [4.78, 5) is 16.5. The number of rotatable bonds is 8. The van der Waals surface area contributed by atoms with Gasteiger partial charge in [-0.25, -0.2) is 4.79 Å². The number of anilines is 1. The van der Waals surface area contributed by atoms with E-state index in [1.54, 1.807) is 19.2 Å². The van der Waals surface area contributed by atoms with E-state index in [4.69, 9.17) is 25.5 Å². The van der Waals surface area contributed by atoms with E-state index in [9.17, 15) is 4.79 Å². The van der Waals surface area contributed by atoms with Crippen molar-refractivity contribution in [2.45, 2.75) is 19.8 Å². The van der Waals surface area contributed by atoms with E-state index in [2.05, 4.69) is 21.9 Å². The maximum absolute atomic E-state index is 11.6. The average molecular weight is 457 g/mol. The topological polar surface area (TPSA) is 55.1 Å². The zero-order chi connectivity index (χ0) is 22.5. The quantitative estimate of drug-likeness (QED) is 0.360. The van der Waals surface area contributed by atoms with Gasteiger partial charge in [0, 0.05) is 43.7 Å². The normalized spacial score (nSPS) is 14.7. The lowest BCUT2D eigenvalue weighted by Crippen LogP contribution is -2.46. The SMILES string of the molecule is COc1ccccc1N1CCN(CCCCOc2cc3oc(=O)cc(C)c3cc2Cl)CC1. The van der Waals surface area contributed by atoms with Gasteiger partial charge in [-0.05, 0) is 50.1 Å². The first-order valence-electron chi connectivity index (χ1n) is 11.0. The van der Waals surface area contributed by atoms with Crippen molar-refractivity contribution in [2.75, 3.05) is 51.3 Å². The Labute approximate surface area is 193 Å². The Morgan fingerprint density at radius 1 is 1.03 bits per heavy atom. The monoisotopic (exact) mass is 456 g/mol. The molecule has 1 aromatic heterocycles. The molecule has 0 unspecified atom stereocenters. The molecule has 0 atom stereocenters. The predicted octanol–water partition coefficient (Wildman–Crippen LogP) is 4.74. The Kier molecular flexibility index (Phi) is 7.22. The summed E-state index contributed by atoms with van der Waals surface area (Å²) in [6, 6.07) is 13.2. The molecule has 1 fully saturated rings. The van der Waals surface area contributed by atoms with Crippen molar-refractivity contribution in [1.82, 2.24) is 4.90 Å². The van der Waals surface area contributed by atoms with Crippen LogP contribution < -0.4 is 20.0 Å². The number of fused-ring (bicyclic) bond motifs is 1. The fourth-order valence-corrected chi connectivity index (χ4v) is 4.37. The van der Waals surface area contributed by atoms with Crippen LogP contribution in [0.5, 0.6) is 11.5 Å². The van der Waals surface area contributed by atoms with Gasteiger partial charge in [-0.2, -0.15) is 0 Å². The van der Waals surface area contributed by atoms with Gasteiger partial charge in [-0.1, -0.05) is 23.7 Å². The molecule has 0 radical (unpaired) electrons. The zero-order valence-electron chi connectivity index (χ0n) is 18.6. The van der Waals surface area contributed by atoms with Gasteiger partial charge < -0.3 is 18.8 Å². The standard InChI is InChI=1S/C25H29ClN2O4/c1-18-15-25(29)32-23-17-24(20(26)16-19(18)23)31-14-6-5-9-27-10-12-28(13-11-27)21-7-3-4-8-22(21)30-2/h3-4,7-8,15-17H,5-6,9-14H2,1-2H3. The van der Waals surface area contributed by atoms with Gasteiger partial charge in [0.05, 0.1) is 24.4 Å². The number of hydrogen-bond acceptors (Lipinski definition) is 6. The van der Waals surface area contributed by atoms with Crippen LogP contribution in [0.15, 0.2) is 51.7 Å². The van der Waals surface area contributed by atoms with Crippen LogP contribution in [-0.4, -0.2) is 51.3 Å². The molecule has 1 saturated heterocycles. The van der Waals surface area contributed by atoms with Gasteiger partial charge in [-0.3, -0.25) is 4.90 Å². The Balaban J connectivity index is 1.22. The number of piperazine rings is 1. The second-order valence-electron chi connectivity index (χ2n) is 8.08. The van der Waals surface area contributed by atoms with Crippen LogP contribution in [0, 0.1) is 6.92 Å². The second kappa shape index (κ2) is 10.3. The van der Waals surface area contributed by atoms with E-state index in [1.807, 2.05) is 19.1 Å². The molecule has 0 bridgehead atoms. The lowest BCUT2D eigenvalue weighted by atomic mass is 10.1. The summed E-state index contributed by atoms with van der Waals surface area (Å²) in [5.74, 6) is 1.48. The van der Waals surface area contributed by atoms with Crippen molar-refractivity contribution in [3.8, 4) is 11.5 Å². The van der Waals surface area contributed by atoms with Crippen molar-refractivity contribution in [1.29, 1.82) is 0 Å². The van der Waals surface area contributed by atoms with Crippen LogP contribution in [0.1, 0.15) is 18.4 Å². The molecule has 0 saturated carbocycles. The summed E-state index contributed by atoms with van der Waals surface area (Å²) in [6.07, 6.45) is 1.98. The minimum absolute atomic E-state index is 0.367. The Hall–Kier alpha value is -2.70. The van der Waals surface area contributed by atoms with Crippen molar-refractivity contribution >= 4 is 28.3 Å². The highest BCUT2D eigenvalue weighted by Crippen LogP contribution is 2.31. The van der Waals surface area contributed by atoms with E-state index in [0.29, 0.717) is 23.0 Å². The molecule has 0 spiro atoms. The highest BCUT2D eigenvalue weighted by atomic mass is 35.5. The molecule has 0 amide bonds. The first kappa shape index (κ1) is 22.5. The molecule has 1 aliphatic rings. The fourth-order valence-electron chi connectivity index (χ4n) is 4.15. The number of halogens is 1. The van der Waals surface area contributed by atoms with Crippen molar-refractivity contribution in [3.05, 3.63) is 63.5 Å². The molecule has 0 aliphatic carbocycles. The minimum Gasteiger partial charge on any atom is -0.495 e. The van der Waals surface area contributed by atoms with E-state index in [-0.39, 0.29) is 5.63 Å². The lowest BCUT2D eigenvalue weighted by molar-refractivity contribution is 0.238. The van der Waals surface area contributed by atoms with Crippen molar-refractivity contribution in [3.63, 3.8) is 0 Å². The predicted molar refractivity (Wildman–Crippen MR) is 129 cm³/mol. The number of nitrogens with zero attached hydrogens (tertiary/aromatic N) is 2. The van der Waals surface area contributed by atoms with Gasteiger partial charge >= 0.3 is 5.63 Å². The molecule has 2 aromatic carbocycles. The highest BCUT2D eigenvalue weighted by Gasteiger charge is 2.19. The number of hydrogen-bond donors (Lipinski definition) is 0. The molecule has 7 heteroatoms. The van der Waals surface area contributed by atoms with Gasteiger partial charge in [0.15, 0.2) is 0 Å². The summed E-state index contributed by atoms with van der Waals surface area (Å²) < 4.78 is 16.7. The Morgan fingerprint density at radius 2 is 1.81 bits per heavy atom. The maximum atomic E-state index is 11.6. The fraction of sp³-hybridized carbons (Fsp3) is 0.400. The number of aryl methyl sites for hydroxylation is 1. The molecule has 0 N–H and O–H groups in total.